The summed E-state index contributed by atoms with van der Waals surface area (Å²) in [5.74, 6) is -1.17. The molecule has 0 atom stereocenters. The van der Waals surface area contributed by atoms with E-state index in [9.17, 15) is 14.8 Å². The predicted molar refractivity (Wildman–Crippen MR) is 52.2 cm³/mol. The van der Waals surface area contributed by atoms with Crippen LogP contribution in [0.5, 0.6) is 0 Å². The van der Waals surface area contributed by atoms with E-state index in [1.54, 1.807) is 0 Å². The molecule has 0 aliphatic carbocycles. The Hall–Kier alpha value is -2.11. The van der Waals surface area contributed by atoms with Gasteiger partial charge in [0.05, 0.1) is 7.11 Å². The maximum Gasteiger partial charge on any atom is 0.344 e. The van der Waals surface area contributed by atoms with E-state index in [4.69, 9.17) is 0 Å². The summed E-state index contributed by atoms with van der Waals surface area (Å²) in [5, 5.41) is 11.4. The monoisotopic (exact) mass is 225 g/mol. The van der Waals surface area contributed by atoms with Gasteiger partial charge in [0.15, 0.2) is 12.8 Å². The average molecular weight is 225 g/mol. The van der Waals surface area contributed by atoms with Gasteiger partial charge in [0.1, 0.15) is 5.56 Å². The minimum atomic E-state index is -0.646. The van der Waals surface area contributed by atoms with Crippen LogP contribution in [0.25, 0.3) is 0 Å². The Kier molecular flexibility index (Phi) is 3.82. The van der Waals surface area contributed by atoms with Crippen LogP contribution in [0, 0.1) is 5.21 Å². The molecule has 0 spiro atoms. The summed E-state index contributed by atoms with van der Waals surface area (Å²) in [6.45, 7) is 0.958. The Labute approximate surface area is 92.0 Å². The fourth-order valence-electron chi connectivity index (χ4n) is 1.13. The number of ether oxygens (including phenoxy) is 2. The number of carbonyl (C=O) groups excluding carboxylic acids is 2. The van der Waals surface area contributed by atoms with Crippen molar-refractivity contribution in [2.45, 2.75) is 13.5 Å². The summed E-state index contributed by atoms with van der Waals surface area (Å²) in [5.41, 5.74) is 0.130. The van der Waals surface area contributed by atoms with Crippen LogP contribution in [0.1, 0.15) is 23.0 Å². The van der Waals surface area contributed by atoms with Crippen LogP contribution < -0.4 is 4.73 Å². The fourth-order valence-corrected chi connectivity index (χ4v) is 1.13. The van der Waals surface area contributed by atoms with Gasteiger partial charge in [0.25, 0.3) is 0 Å². The number of esters is 2. The van der Waals surface area contributed by atoms with Crippen molar-refractivity contribution >= 4 is 11.9 Å². The van der Waals surface area contributed by atoms with Crippen molar-refractivity contribution in [1.29, 1.82) is 0 Å². The number of hydrogen-bond acceptors (Lipinski definition) is 5. The molecule has 0 saturated carbocycles. The molecule has 0 saturated heterocycles. The van der Waals surface area contributed by atoms with Gasteiger partial charge in [-0.3, -0.25) is 4.79 Å². The molecule has 1 heterocycles. The molecule has 6 heteroatoms. The Bertz CT molecular complexity index is 416. The van der Waals surface area contributed by atoms with E-state index < -0.39 is 11.9 Å². The van der Waals surface area contributed by atoms with E-state index in [1.807, 2.05) is 0 Å². The van der Waals surface area contributed by atoms with Crippen LogP contribution in [-0.4, -0.2) is 19.0 Å². The number of pyridine rings is 1. The van der Waals surface area contributed by atoms with Crippen LogP contribution in [0.4, 0.5) is 0 Å². The maximum absolute atomic E-state index is 11.4. The van der Waals surface area contributed by atoms with Gasteiger partial charge in [-0.05, 0) is 6.07 Å². The first kappa shape index (κ1) is 12.0. The molecule has 0 aliphatic heterocycles. The normalized spacial score (nSPS) is 9.62. The molecular weight excluding hydrogens is 214 g/mol. The summed E-state index contributed by atoms with van der Waals surface area (Å²) in [6.07, 6.45) is 1.21. The van der Waals surface area contributed by atoms with Crippen molar-refractivity contribution in [3.63, 3.8) is 0 Å². The Morgan fingerprint density at radius 1 is 1.50 bits per heavy atom. The third kappa shape index (κ3) is 2.69. The highest BCUT2D eigenvalue weighted by molar-refractivity contribution is 5.90. The first-order chi connectivity index (χ1) is 7.56. The molecule has 16 heavy (non-hydrogen) atoms. The molecule has 0 bridgehead atoms. The van der Waals surface area contributed by atoms with E-state index in [2.05, 4.69) is 9.47 Å². The number of nitrogens with zero attached hydrogens (tertiary/aromatic N) is 1. The topological polar surface area (TPSA) is 79.5 Å². The van der Waals surface area contributed by atoms with E-state index in [1.165, 1.54) is 32.4 Å². The summed E-state index contributed by atoms with van der Waals surface area (Å²) in [4.78, 5) is 21.9. The molecule has 6 nitrogen and oxygen atoms in total. The molecule has 0 aliphatic rings. The van der Waals surface area contributed by atoms with Crippen molar-refractivity contribution in [2.75, 3.05) is 7.11 Å². The van der Waals surface area contributed by atoms with Gasteiger partial charge in [-0.25, -0.2) is 4.79 Å². The molecule has 0 unspecified atom stereocenters. The van der Waals surface area contributed by atoms with E-state index >= 15 is 0 Å². The van der Waals surface area contributed by atoms with Crippen LogP contribution >= 0.6 is 0 Å². The second kappa shape index (κ2) is 5.11. The highest BCUT2D eigenvalue weighted by Crippen LogP contribution is 2.07. The highest BCUT2D eigenvalue weighted by atomic mass is 16.5. The summed E-state index contributed by atoms with van der Waals surface area (Å²) >= 11 is 0. The smallest absolute Gasteiger partial charge is 0.344 e. The lowest BCUT2D eigenvalue weighted by Gasteiger charge is -2.08. The third-order valence-corrected chi connectivity index (χ3v) is 1.88. The Morgan fingerprint density at radius 3 is 2.75 bits per heavy atom. The van der Waals surface area contributed by atoms with Crippen molar-refractivity contribution in [3.8, 4) is 0 Å². The SMILES string of the molecule is COC(=O)c1ccc[n+]([O-])c1COC(C)=O. The number of hydrogen-bond donors (Lipinski definition) is 0. The summed E-state index contributed by atoms with van der Waals surface area (Å²) in [7, 11) is 1.21. The number of aromatic nitrogens is 1. The molecule has 1 rings (SSSR count). The van der Waals surface area contributed by atoms with Gasteiger partial charge in [-0.2, -0.15) is 4.73 Å². The predicted octanol–water partition coefficient (Wildman–Crippen LogP) is 0.170. The fraction of sp³-hybridized carbons (Fsp3) is 0.300. The number of methoxy groups -OCH3 is 1. The van der Waals surface area contributed by atoms with E-state index in [-0.39, 0.29) is 17.9 Å². The van der Waals surface area contributed by atoms with Crippen molar-refractivity contribution in [3.05, 3.63) is 34.8 Å². The van der Waals surface area contributed by atoms with Crippen LogP contribution in [0.2, 0.25) is 0 Å². The molecule has 86 valence electrons. The highest BCUT2D eigenvalue weighted by Gasteiger charge is 2.20. The van der Waals surface area contributed by atoms with E-state index in [0.29, 0.717) is 4.73 Å². The lowest BCUT2D eigenvalue weighted by atomic mass is 10.2. The van der Waals surface area contributed by atoms with Gasteiger partial charge < -0.3 is 14.7 Å². The minimum Gasteiger partial charge on any atom is -0.618 e. The van der Waals surface area contributed by atoms with Crippen LogP contribution in [-0.2, 0) is 20.9 Å². The van der Waals surface area contributed by atoms with Gasteiger partial charge in [-0.15, -0.1) is 0 Å². The standard InChI is InChI=1S/C10H11NO5/c1-7(12)16-6-9-8(10(13)15-2)4-3-5-11(9)14/h3-5H,6H2,1-2H3. The lowest BCUT2D eigenvalue weighted by Crippen LogP contribution is -2.34. The minimum absolute atomic E-state index is 0.0459. The molecule has 0 radical (unpaired) electrons. The largest absolute Gasteiger partial charge is 0.618 e. The van der Waals surface area contributed by atoms with Crippen molar-refractivity contribution < 1.29 is 23.8 Å². The Balaban J connectivity index is 3.03. The van der Waals surface area contributed by atoms with Gasteiger partial charge in [0.2, 0.25) is 5.69 Å². The summed E-state index contributed by atoms with van der Waals surface area (Å²) < 4.78 is 9.65. The van der Waals surface area contributed by atoms with Gasteiger partial charge in [0, 0.05) is 13.0 Å². The number of rotatable bonds is 3. The molecule has 1 aromatic heterocycles. The maximum atomic E-state index is 11.4. The first-order valence-electron chi connectivity index (χ1n) is 4.49. The third-order valence-electron chi connectivity index (χ3n) is 1.88. The van der Waals surface area contributed by atoms with E-state index in [0.717, 1.165) is 0 Å². The second-order valence-electron chi connectivity index (χ2n) is 2.97. The first-order valence-corrected chi connectivity index (χ1v) is 4.49. The van der Waals surface area contributed by atoms with Crippen molar-refractivity contribution in [2.24, 2.45) is 0 Å². The zero-order chi connectivity index (χ0) is 12.1. The van der Waals surface area contributed by atoms with Gasteiger partial charge >= 0.3 is 11.9 Å². The second-order valence-corrected chi connectivity index (χ2v) is 2.97. The molecule has 0 fully saturated rings. The van der Waals surface area contributed by atoms with Crippen LogP contribution in [0.3, 0.4) is 0 Å². The summed E-state index contributed by atoms with van der Waals surface area (Å²) in [6, 6.07) is 2.84. The average Bonchev–Trinajstić information content (AvgIpc) is 2.25. The quantitative estimate of drug-likeness (QED) is 0.416. The zero-order valence-electron chi connectivity index (χ0n) is 8.93. The van der Waals surface area contributed by atoms with Gasteiger partial charge in [-0.1, -0.05) is 0 Å². The molecule has 0 amide bonds. The molecule has 1 aromatic rings. The molecule has 0 aromatic carbocycles. The van der Waals surface area contributed by atoms with Crippen molar-refractivity contribution in [1.82, 2.24) is 0 Å². The molecular formula is C10H11NO5. The zero-order valence-corrected chi connectivity index (χ0v) is 8.93. The molecule has 0 N–H and O–H groups in total. The Morgan fingerprint density at radius 2 is 2.19 bits per heavy atom. The lowest BCUT2D eigenvalue weighted by molar-refractivity contribution is -0.616. The number of carbonyl (C=O) groups is 2. The van der Waals surface area contributed by atoms with Crippen LogP contribution in [0.15, 0.2) is 18.3 Å².